The topological polar surface area (TPSA) is 0 Å². The lowest BCUT2D eigenvalue weighted by Crippen LogP contribution is -2.10. The van der Waals surface area contributed by atoms with E-state index < -0.39 is 0 Å². The molecule has 2 aliphatic rings. The van der Waals surface area contributed by atoms with E-state index in [0.29, 0.717) is 23.7 Å². The molecule has 0 spiro atoms. The zero-order chi connectivity index (χ0) is 27.7. The van der Waals surface area contributed by atoms with E-state index in [4.69, 9.17) is 0 Å². The summed E-state index contributed by atoms with van der Waals surface area (Å²) in [4.78, 5) is 2.68. The summed E-state index contributed by atoms with van der Waals surface area (Å²) in [5, 5.41) is 0. The largest absolute Gasteiger partial charge is 0.207 e. The molecular formula is C35H36F2S2. The molecule has 39 heavy (non-hydrogen) atoms. The van der Waals surface area contributed by atoms with Gasteiger partial charge in [-0.15, -0.1) is 23.5 Å². The average molecular weight is 559 g/mol. The first-order chi connectivity index (χ1) is 18.7. The minimum Gasteiger partial charge on any atom is -0.207 e. The smallest absolute Gasteiger partial charge is 0.123 e. The van der Waals surface area contributed by atoms with E-state index in [9.17, 15) is 8.78 Å². The van der Waals surface area contributed by atoms with Crippen LogP contribution < -0.4 is 0 Å². The van der Waals surface area contributed by atoms with Gasteiger partial charge >= 0.3 is 0 Å². The molecule has 0 saturated carbocycles. The van der Waals surface area contributed by atoms with Crippen molar-refractivity contribution in [2.24, 2.45) is 11.8 Å². The number of hydrogen-bond donors (Lipinski definition) is 0. The van der Waals surface area contributed by atoms with Gasteiger partial charge in [0.25, 0.3) is 0 Å². The monoisotopic (exact) mass is 558 g/mol. The molecule has 0 fully saturated rings. The molecule has 6 rings (SSSR count). The Bertz CT molecular complexity index is 1420. The highest BCUT2D eigenvalue weighted by Gasteiger charge is 2.28. The molecule has 0 aromatic heterocycles. The summed E-state index contributed by atoms with van der Waals surface area (Å²) < 4.78 is 27.0. The number of benzene rings is 4. The predicted octanol–water partition coefficient (Wildman–Crippen LogP) is 10.7. The second kappa shape index (κ2) is 11.9. The zero-order valence-corrected chi connectivity index (χ0v) is 24.9. The van der Waals surface area contributed by atoms with Gasteiger partial charge in [-0.3, -0.25) is 0 Å². The molecule has 0 N–H and O–H groups in total. The molecular weight excluding hydrogens is 523 g/mol. The highest BCUT2D eigenvalue weighted by molar-refractivity contribution is 7.98. The summed E-state index contributed by atoms with van der Waals surface area (Å²) in [6.07, 6.45) is 0. The molecule has 0 aliphatic carbocycles. The van der Waals surface area contributed by atoms with Crippen LogP contribution in [-0.2, 0) is 11.5 Å². The molecule has 0 unspecified atom stereocenters. The molecule has 0 bridgehead atoms. The molecule has 0 radical (unpaired) electrons. The van der Waals surface area contributed by atoms with Gasteiger partial charge in [-0.25, -0.2) is 8.78 Å². The Hall–Kier alpha value is -2.56. The van der Waals surface area contributed by atoms with Crippen molar-refractivity contribution < 1.29 is 8.78 Å². The third-order valence-corrected chi connectivity index (χ3v) is 10.00. The van der Waals surface area contributed by atoms with Crippen LogP contribution in [0.1, 0.15) is 78.5 Å². The first kappa shape index (κ1) is 28.0. The summed E-state index contributed by atoms with van der Waals surface area (Å²) >= 11 is 3.64. The lowest BCUT2D eigenvalue weighted by atomic mass is 9.80. The van der Waals surface area contributed by atoms with Gasteiger partial charge in [0.1, 0.15) is 11.6 Å². The number of aryl methyl sites for hydroxylation is 1. The lowest BCUT2D eigenvalue weighted by Gasteiger charge is -2.24. The summed E-state index contributed by atoms with van der Waals surface area (Å²) in [6, 6.07) is 25.8. The van der Waals surface area contributed by atoms with E-state index in [1.807, 2.05) is 35.7 Å². The molecule has 0 saturated heterocycles. The zero-order valence-electron chi connectivity index (χ0n) is 23.3. The van der Waals surface area contributed by atoms with Crippen molar-refractivity contribution in [3.8, 4) is 0 Å². The molecule has 0 amide bonds. The Morgan fingerprint density at radius 2 is 1.08 bits per heavy atom. The second-order valence-corrected chi connectivity index (χ2v) is 13.3. The Kier molecular flexibility index (Phi) is 8.54. The second-order valence-electron chi connectivity index (χ2n) is 11.3. The maximum Gasteiger partial charge on any atom is 0.123 e. The fraction of sp³-hybridized carbons (Fsp3) is 0.314. The third kappa shape index (κ3) is 5.98. The van der Waals surface area contributed by atoms with E-state index in [2.05, 4.69) is 77.1 Å². The molecule has 2 heterocycles. The van der Waals surface area contributed by atoms with Gasteiger partial charge in [0, 0.05) is 33.1 Å². The number of halogens is 2. The highest BCUT2D eigenvalue weighted by atomic mass is 32.2. The summed E-state index contributed by atoms with van der Waals surface area (Å²) in [5.74, 6) is 3.17. The van der Waals surface area contributed by atoms with Crippen LogP contribution in [0.5, 0.6) is 0 Å². The third-order valence-electron chi connectivity index (χ3n) is 7.74. The minimum absolute atomic E-state index is 0.131. The van der Waals surface area contributed by atoms with Gasteiger partial charge in [-0.2, -0.15) is 0 Å². The van der Waals surface area contributed by atoms with E-state index in [1.54, 1.807) is 24.3 Å². The van der Waals surface area contributed by atoms with Crippen LogP contribution in [0, 0.1) is 30.4 Å². The van der Waals surface area contributed by atoms with Crippen molar-refractivity contribution in [3.63, 3.8) is 0 Å². The van der Waals surface area contributed by atoms with Crippen LogP contribution in [0.25, 0.3) is 0 Å². The Morgan fingerprint density at radius 3 is 1.64 bits per heavy atom. The van der Waals surface area contributed by atoms with Crippen LogP contribution in [0.15, 0.2) is 88.7 Å². The summed E-state index contributed by atoms with van der Waals surface area (Å²) in [7, 11) is 0. The number of fused-ring (bicyclic) bond motifs is 4. The first-order valence-electron chi connectivity index (χ1n) is 13.7. The molecule has 4 aromatic rings. The van der Waals surface area contributed by atoms with Gasteiger partial charge < -0.3 is 0 Å². The van der Waals surface area contributed by atoms with Crippen molar-refractivity contribution in [1.82, 2.24) is 0 Å². The normalized spacial score (nSPS) is 17.7. The number of rotatable bonds is 2. The van der Waals surface area contributed by atoms with Crippen LogP contribution in [0.4, 0.5) is 8.78 Å². The maximum absolute atomic E-state index is 13.5. The molecule has 202 valence electrons. The fourth-order valence-electron chi connectivity index (χ4n) is 5.98. The Morgan fingerprint density at radius 1 is 0.590 bits per heavy atom. The summed E-state index contributed by atoms with van der Waals surface area (Å²) in [6.45, 7) is 11.1. The van der Waals surface area contributed by atoms with Crippen molar-refractivity contribution in [3.05, 3.63) is 129 Å². The van der Waals surface area contributed by atoms with Crippen molar-refractivity contribution >= 4 is 23.5 Å². The number of thioether (sulfide) groups is 2. The predicted molar refractivity (Wildman–Crippen MR) is 163 cm³/mol. The minimum atomic E-state index is -0.132. The lowest BCUT2D eigenvalue weighted by molar-refractivity contribution is 0.553. The van der Waals surface area contributed by atoms with E-state index in [1.165, 1.54) is 37.6 Å². The molecule has 4 aromatic carbocycles. The van der Waals surface area contributed by atoms with Crippen molar-refractivity contribution in [2.75, 3.05) is 0 Å². The molecule has 0 nitrogen and oxygen atoms in total. The van der Waals surface area contributed by atoms with Crippen molar-refractivity contribution in [1.29, 1.82) is 0 Å². The first-order valence-corrected chi connectivity index (χ1v) is 15.7. The van der Waals surface area contributed by atoms with Gasteiger partial charge in [-0.1, -0.05) is 70.2 Å². The van der Waals surface area contributed by atoms with Crippen LogP contribution in [0.2, 0.25) is 0 Å². The molecule has 4 heteroatoms. The quantitative estimate of drug-likeness (QED) is 0.240. The van der Waals surface area contributed by atoms with Gasteiger partial charge in [0.15, 0.2) is 0 Å². The van der Waals surface area contributed by atoms with E-state index >= 15 is 0 Å². The Balaban J connectivity index is 0.000000158. The average Bonchev–Trinajstić information content (AvgIpc) is 3.16. The van der Waals surface area contributed by atoms with Crippen molar-refractivity contribution in [2.45, 2.75) is 67.8 Å². The SMILES string of the molecule is CC(C)[C@H]1c2ccc(F)cc2CSc2ccccc21.Cc1ccc2c(c1)SCc1cc(F)ccc1[C@H]2C(C)C. The standard InChI is InChI=1S/C18H19FS.C17H17FS/c1-11(2)18-15-7-5-14(19)9-13(15)10-20-17-8-12(3)4-6-16(17)18;1-11(2)17-14-8-7-13(18)9-12(14)10-19-16-6-4-3-5-15(16)17/h4-9,11,18H,10H2,1-3H3;3-9,11,17H,10H2,1-2H3/t18-;17-/m10/s1. The van der Waals surface area contributed by atoms with Gasteiger partial charge in [0.2, 0.25) is 0 Å². The van der Waals surface area contributed by atoms with E-state index in [-0.39, 0.29) is 11.6 Å². The number of hydrogen-bond acceptors (Lipinski definition) is 2. The van der Waals surface area contributed by atoms with Crippen LogP contribution in [0.3, 0.4) is 0 Å². The highest BCUT2D eigenvalue weighted by Crippen LogP contribution is 2.45. The maximum atomic E-state index is 13.5. The summed E-state index contributed by atoms with van der Waals surface area (Å²) in [5.41, 5.74) is 8.91. The van der Waals surface area contributed by atoms with E-state index in [0.717, 1.165) is 22.6 Å². The molecule has 2 atom stereocenters. The Labute approximate surface area is 240 Å². The van der Waals surface area contributed by atoms with Gasteiger partial charge in [-0.05, 0) is 94.1 Å². The van der Waals surface area contributed by atoms with Gasteiger partial charge in [0.05, 0.1) is 0 Å². The fourth-order valence-corrected chi connectivity index (χ4v) is 8.27. The van der Waals surface area contributed by atoms with Crippen LogP contribution >= 0.6 is 23.5 Å². The molecule has 2 aliphatic heterocycles. The van der Waals surface area contributed by atoms with Crippen LogP contribution in [-0.4, -0.2) is 0 Å².